The Balaban J connectivity index is 1.66. The lowest BCUT2D eigenvalue weighted by Gasteiger charge is -2.18. The molecule has 0 bridgehead atoms. The SMILES string of the molecule is CCN(CC)S(=O)(=O)c1ccc(C(=O)NCc2ccc(F)c(Cn3ccnc3)c2)cc1. The van der Waals surface area contributed by atoms with Crippen molar-refractivity contribution in [1.82, 2.24) is 19.2 Å². The normalized spacial score (nSPS) is 11.6. The van der Waals surface area contributed by atoms with E-state index in [1.165, 1.54) is 34.6 Å². The van der Waals surface area contributed by atoms with Crippen molar-refractivity contribution in [3.8, 4) is 0 Å². The number of aromatic nitrogens is 2. The Bertz CT molecular complexity index is 1130. The number of amides is 1. The molecule has 2 aromatic carbocycles. The van der Waals surface area contributed by atoms with Gasteiger partial charge in [-0.2, -0.15) is 4.31 Å². The third kappa shape index (κ3) is 5.36. The summed E-state index contributed by atoms with van der Waals surface area (Å²) in [6, 6.07) is 10.5. The fourth-order valence-electron chi connectivity index (χ4n) is 3.21. The van der Waals surface area contributed by atoms with Crippen LogP contribution in [0.2, 0.25) is 0 Å². The average molecular weight is 445 g/mol. The Morgan fingerprint density at radius 3 is 2.45 bits per heavy atom. The molecule has 1 heterocycles. The highest BCUT2D eigenvalue weighted by Gasteiger charge is 2.21. The van der Waals surface area contributed by atoms with E-state index in [0.717, 1.165) is 5.56 Å². The molecule has 0 saturated heterocycles. The monoisotopic (exact) mass is 444 g/mol. The highest BCUT2D eigenvalue weighted by molar-refractivity contribution is 7.89. The van der Waals surface area contributed by atoms with Gasteiger partial charge in [-0.15, -0.1) is 0 Å². The molecule has 0 atom stereocenters. The van der Waals surface area contributed by atoms with Gasteiger partial charge in [-0.25, -0.2) is 17.8 Å². The van der Waals surface area contributed by atoms with Crippen molar-refractivity contribution < 1.29 is 17.6 Å². The Morgan fingerprint density at radius 2 is 1.84 bits per heavy atom. The molecule has 7 nitrogen and oxygen atoms in total. The topological polar surface area (TPSA) is 84.3 Å². The number of nitrogens with zero attached hydrogens (tertiary/aromatic N) is 3. The van der Waals surface area contributed by atoms with E-state index in [1.54, 1.807) is 49.3 Å². The van der Waals surface area contributed by atoms with Crippen molar-refractivity contribution in [3.63, 3.8) is 0 Å². The number of sulfonamides is 1. The molecule has 0 fully saturated rings. The number of nitrogens with one attached hydrogen (secondary N) is 1. The third-order valence-electron chi connectivity index (χ3n) is 4.94. The van der Waals surface area contributed by atoms with Crippen LogP contribution in [0.15, 0.2) is 66.1 Å². The molecule has 0 radical (unpaired) electrons. The maximum atomic E-state index is 14.1. The molecule has 0 spiro atoms. The predicted molar refractivity (Wildman–Crippen MR) is 115 cm³/mol. The zero-order valence-corrected chi connectivity index (χ0v) is 18.3. The highest BCUT2D eigenvalue weighted by Crippen LogP contribution is 2.17. The second-order valence-corrected chi connectivity index (χ2v) is 8.90. The summed E-state index contributed by atoms with van der Waals surface area (Å²) in [7, 11) is -3.57. The maximum Gasteiger partial charge on any atom is 0.251 e. The first-order chi connectivity index (χ1) is 14.8. The summed E-state index contributed by atoms with van der Waals surface area (Å²) in [6.07, 6.45) is 4.98. The van der Waals surface area contributed by atoms with Gasteiger partial charge in [0.2, 0.25) is 10.0 Å². The van der Waals surface area contributed by atoms with Crippen LogP contribution in [-0.4, -0.2) is 41.3 Å². The second kappa shape index (κ2) is 9.84. The number of carbonyl (C=O) groups is 1. The first-order valence-corrected chi connectivity index (χ1v) is 11.4. The summed E-state index contributed by atoms with van der Waals surface area (Å²) in [5.74, 6) is -0.666. The van der Waals surface area contributed by atoms with Gasteiger partial charge in [-0.1, -0.05) is 19.9 Å². The van der Waals surface area contributed by atoms with E-state index in [4.69, 9.17) is 0 Å². The molecule has 0 aliphatic rings. The van der Waals surface area contributed by atoms with Crippen LogP contribution in [0.1, 0.15) is 35.3 Å². The first kappa shape index (κ1) is 22.6. The minimum Gasteiger partial charge on any atom is -0.348 e. The molecule has 3 rings (SSSR count). The minimum absolute atomic E-state index is 0.149. The summed E-state index contributed by atoms with van der Waals surface area (Å²) in [5.41, 5.74) is 1.60. The average Bonchev–Trinajstić information content (AvgIpc) is 3.28. The Kier molecular flexibility index (Phi) is 7.19. The van der Waals surface area contributed by atoms with Crippen LogP contribution < -0.4 is 5.32 Å². The summed E-state index contributed by atoms with van der Waals surface area (Å²) >= 11 is 0. The van der Waals surface area contributed by atoms with Crippen molar-refractivity contribution >= 4 is 15.9 Å². The Labute approximate surface area is 181 Å². The molecule has 1 N–H and O–H groups in total. The van der Waals surface area contributed by atoms with Gasteiger partial charge in [0.25, 0.3) is 5.91 Å². The highest BCUT2D eigenvalue weighted by atomic mass is 32.2. The molecule has 0 unspecified atom stereocenters. The number of carbonyl (C=O) groups excluding carboxylic acids is 1. The smallest absolute Gasteiger partial charge is 0.251 e. The summed E-state index contributed by atoms with van der Waals surface area (Å²) < 4.78 is 42.3. The zero-order valence-electron chi connectivity index (χ0n) is 17.5. The molecule has 0 saturated carbocycles. The fourth-order valence-corrected chi connectivity index (χ4v) is 4.67. The van der Waals surface area contributed by atoms with Crippen LogP contribution in [0.4, 0.5) is 4.39 Å². The zero-order chi connectivity index (χ0) is 22.4. The van der Waals surface area contributed by atoms with Crippen molar-refractivity contribution in [2.24, 2.45) is 0 Å². The summed E-state index contributed by atoms with van der Waals surface area (Å²) in [5, 5.41) is 2.78. The van der Waals surface area contributed by atoms with Gasteiger partial charge >= 0.3 is 0 Å². The number of imidazole rings is 1. The summed E-state index contributed by atoms with van der Waals surface area (Å²) in [4.78, 5) is 16.6. The quantitative estimate of drug-likeness (QED) is 0.550. The van der Waals surface area contributed by atoms with Crippen molar-refractivity contribution in [2.75, 3.05) is 13.1 Å². The predicted octanol–water partition coefficient (Wildman–Crippen LogP) is 3.03. The molecule has 31 heavy (non-hydrogen) atoms. The van der Waals surface area contributed by atoms with Gasteiger partial charge < -0.3 is 9.88 Å². The number of rotatable bonds is 9. The van der Waals surface area contributed by atoms with Gasteiger partial charge in [0.15, 0.2) is 0 Å². The Morgan fingerprint density at radius 1 is 1.13 bits per heavy atom. The van der Waals surface area contributed by atoms with Crippen LogP contribution in [0.25, 0.3) is 0 Å². The lowest BCUT2D eigenvalue weighted by molar-refractivity contribution is 0.0951. The molecule has 0 aliphatic carbocycles. The molecule has 1 aromatic heterocycles. The molecule has 3 aromatic rings. The number of halogens is 1. The van der Waals surface area contributed by atoms with Crippen LogP contribution in [-0.2, 0) is 23.1 Å². The molecule has 164 valence electrons. The Hall–Kier alpha value is -3.04. The third-order valence-corrected chi connectivity index (χ3v) is 7.00. The lowest BCUT2D eigenvalue weighted by Crippen LogP contribution is -2.30. The van der Waals surface area contributed by atoms with Gasteiger partial charge in [0.05, 0.1) is 17.8 Å². The van der Waals surface area contributed by atoms with Gasteiger partial charge in [-0.3, -0.25) is 4.79 Å². The van der Waals surface area contributed by atoms with E-state index in [-0.39, 0.29) is 23.2 Å². The number of hydrogen-bond acceptors (Lipinski definition) is 4. The largest absolute Gasteiger partial charge is 0.348 e. The van der Waals surface area contributed by atoms with Crippen LogP contribution in [0, 0.1) is 5.82 Å². The molecule has 9 heteroatoms. The van der Waals surface area contributed by atoms with Gasteiger partial charge in [-0.05, 0) is 42.0 Å². The van der Waals surface area contributed by atoms with Crippen molar-refractivity contribution in [2.45, 2.75) is 31.8 Å². The molecule has 0 aliphatic heterocycles. The maximum absolute atomic E-state index is 14.1. The van der Waals surface area contributed by atoms with E-state index < -0.39 is 10.0 Å². The number of hydrogen-bond donors (Lipinski definition) is 1. The van der Waals surface area contributed by atoms with Crippen LogP contribution >= 0.6 is 0 Å². The van der Waals surface area contributed by atoms with Crippen LogP contribution in [0.3, 0.4) is 0 Å². The standard InChI is InChI=1S/C22H25FN4O3S/c1-3-27(4-2)31(29,30)20-8-6-18(7-9-20)22(28)25-14-17-5-10-21(23)19(13-17)15-26-12-11-24-16-26/h5-13,16H,3-4,14-15H2,1-2H3,(H,25,28). The first-order valence-electron chi connectivity index (χ1n) is 9.96. The van der Waals surface area contributed by atoms with Crippen LogP contribution in [0.5, 0.6) is 0 Å². The van der Waals surface area contributed by atoms with E-state index >= 15 is 0 Å². The second-order valence-electron chi connectivity index (χ2n) is 6.96. The lowest BCUT2D eigenvalue weighted by atomic mass is 10.1. The molecule has 1 amide bonds. The van der Waals surface area contributed by atoms with Gasteiger partial charge in [0.1, 0.15) is 5.82 Å². The van der Waals surface area contributed by atoms with E-state index in [1.807, 2.05) is 0 Å². The van der Waals surface area contributed by atoms with E-state index in [9.17, 15) is 17.6 Å². The van der Waals surface area contributed by atoms with Crippen molar-refractivity contribution in [1.29, 1.82) is 0 Å². The molecular weight excluding hydrogens is 419 g/mol. The van der Waals surface area contributed by atoms with Gasteiger partial charge in [0, 0.05) is 43.2 Å². The number of benzene rings is 2. The van der Waals surface area contributed by atoms with E-state index in [2.05, 4.69) is 10.3 Å². The molecular formula is C22H25FN4O3S. The van der Waals surface area contributed by atoms with Crippen molar-refractivity contribution in [3.05, 3.63) is 83.7 Å². The summed E-state index contributed by atoms with van der Waals surface area (Å²) in [6.45, 7) is 4.87. The minimum atomic E-state index is -3.57. The van der Waals surface area contributed by atoms with E-state index in [0.29, 0.717) is 30.8 Å². The fraction of sp³-hybridized carbons (Fsp3) is 0.273.